The molecule has 0 amide bonds. The summed E-state index contributed by atoms with van der Waals surface area (Å²) in [6.07, 6.45) is 3.42. The predicted octanol–water partition coefficient (Wildman–Crippen LogP) is 1.18. The first kappa shape index (κ1) is 3.66. The van der Waals surface area contributed by atoms with Crippen molar-refractivity contribution in [3.8, 4) is 0 Å². The van der Waals surface area contributed by atoms with Crippen LogP contribution in [0.15, 0.2) is 16.9 Å². The van der Waals surface area contributed by atoms with Crippen LogP contribution in [0.4, 0.5) is 0 Å². The second-order valence-electron chi connectivity index (χ2n) is 1.20. The summed E-state index contributed by atoms with van der Waals surface area (Å²) in [5.41, 5.74) is 0. The average Bonchev–Trinajstić information content (AvgIpc) is 2.14. The average molecular weight is 162 g/mol. The Balaban J connectivity index is 2.84. The van der Waals surface area contributed by atoms with E-state index in [-0.39, 0.29) is 7.02 Å². The number of nitrogens with zero attached hydrogens (tertiary/aromatic N) is 2. The number of halogens is 1. The highest BCUT2D eigenvalue weighted by atomic mass is 79.9. The van der Waals surface area contributed by atoms with Crippen LogP contribution >= 0.6 is 15.9 Å². The first-order chi connectivity index (χ1) is 3.83. The van der Waals surface area contributed by atoms with Crippen molar-refractivity contribution >= 4 is 15.9 Å². The highest BCUT2D eigenvalue weighted by molar-refractivity contribution is 9.10. The molecule has 0 atom stereocenters. The molecule has 0 bridgehead atoms. The maximum atomic E-state index is 6.84. The van der Waals surface area contributed by atoms with E-state index in [9.17, 15) is 0 Å². The monoisotopic (exact) mass is 161 g/mol. The van der Waals surface area contributed by atoms with E-state index in [0.717, 1.165) is 4.47 Å². The summed E-state index contributed by atoms with van der Waals surface area (Å²) in [6, 6.07) is 0. The van der Waals surface area contributed by atoms with Crippen LogP contribution in [0.5, 0.6) is 0 Å². The van der Waals surface area contributed by atoms with Gasteiger partial charge in [-0.1, -0.05) is 0 Å². The van der Waals surface area contributed by atoms with Gasteiger partial charge >= 0.3 is 0 Å². The topological polar surface area (TPSA) is 17.8 Å². The number of hydrogen-bond acceptors (Lipinski definition) is 1. The van der Waals surface area contributed by atoms with E-state index in [1.165, 1.54) is 4.68 Å². The van der Waals surface area contributed by atoms with Gasteiger partial charge in [-0.15, -0.1) is 0 Å². The SMILES string of the molecule is [2H]Cn1cc(Br)cn1. The van der Waals surface area contributed by atoms with Crippen LogP contribution in [-0.4, -0.2) is 9.78 Å². The highest BCUT2D eigenvalue weighted by Gasteiger charge is 1.83. The number of aryl methyl sites for hydroxylation is 1. The van der Waals surface area contributed by atoms with Gasteiger partial charge in [0, 0.05) is 14.6 Å². The minimum atomic E-state index is 0.186. The summed E-state index contributed by atoms with van der Waals surface area (Å²) in [5.74, 6) is 0. The molecule has 1 heterocycles. The third-order valence-electron chi connectivity index (χ3n) is 0.602. The van der Waals surface area contributed by atoms with Crippen LogP contribution in [0, 0.1) is 0 Å². The summed E-state index contributed by atoms with van der Waals surface area (Å²) in [6.45, 7) is 0. The third-order valence-corrected chi connectivity index (χ3v) is 1.01. The van der Waals surface area contributed by atoms with Crippen molar-refractivity contribution in [3.63, 3.8) is 0 Å². The third kappa shape index (κ3) is 1.03. The molecule has 1 rings (SSSR count). The van der Waals surface area contributed by atoms with Gasteiger partial charge < -0.3 is 0 Å². The van der Waals surface area contributed by atoms with Crippen molar-refractivity contribution in [2.24, 2.45) is 7.02 Å². The zero-order valence-corrected chi connectivity index (χ0v) is 5.22. The quantitative estimate of drug-likeness (QED) is 0.560. The van der Waals surface area contributed by atoms with E-state index in [0.29, 0.717) is 0 Å². The fourth-order valence-corrected chi connectivity index (χ4v) is 0.666. The second kappa shape index (κ2) is 1.66. The normalized spacial score (nSPS) is 11.3. The Labute approximate surface area is 51.7 Å². The zero-order chi connectivity index (χ0) is 5.98. The molecule has 0 saturated carbocycles. The Morgan fingerprint density at radius 2 is 3.00 bits per heavy atom. The predicted molar refractivity (Wildman–Crippen MR) is 30.9 cm³/mol. The molecule has 1 aromatic rings. The first-order valence-corrected chi connectivity index (χ1v) is 2.59. The molecule has 0 spiro atoms. The lowest BCUT2D eigenvalue weighted by Gasteiger charge is -1.77. The Morgan fingerprint density at radius 1 is 2.14 bits per heavy atom. The second-order valence-corrected chi connectivity index (χ2v) is 2.11. The Kier molecular flexibility index (Phi) is 0.867. The van der Waals surface area contributed by atoms with Crippen molar-refractivity contribution in [1.29, 1.82) is 0 Å². The maximum absolute atomic E-state index is 6.84. The van der Waals surface area contributed by atoms with Gasteiger partial charge in [0.15, 0.2) is 0 Å². The Bertz CT molecular complexity index is 174. The fourth-order valence-electron chi connectivity index (χ4n) is 0.338. The molecule has 0 unspecified atom stereocenters. The summed E-state index contributed by atoms with van der Waals surface area (Å²) >= 11 is 3.21. The molecule has 0 aliphatic carbocycles. The van der Waals surface area contributed by atoms with Crippen molar-refractivity contribution in [1.82, 2.24) is 9.78 Å². The molecular formula is C4H5BrN2. The van der Waals surface area contributed by atoms with E-state index in [2.05, 4.69) is 21.0 Å². The lowest BCUT2D eigenvalue weighted by Crippen LogP contribution is -1.83. The molecule has 0 aromatic carbocycles. The molecular weight excluding hydrogens is 156 g/mol. The summed E-state index contributed by atoms with van der Waals surface area (Å²) in [5, 5.41) is 3.82. The molecule has 0 aliphatic rings. The standard InChI is InChI=1S/C4H5BrN2/c1-7-3-4(5)2-6-7/h2-3H,1H3/i1D. The van der Waals surface area contributed by atoms with Crippen molar-refractivity contribution in [3.05, 3.63) is 16.9 Å². The Hall–Kier alpha value is -0.310. The van der Waals surface area contributed by atoms with E-state index in [4.69, 9.17) is 1.37 Å². The van der Waals surface area contributed by atoms with E-state index >= 15 is 0 Å². The molecule has 38 valence electrons. The van der Waals surface area contributed by atoms with Gasteiger partial charge in [-0.3, -0.25) is 4.68 Å². The first-order valence-electron chi connectivity index (χ1n) is 2.51. The van der Waals surface area contributed by atoms with Gasteiger partial charge in [0.05, 0.1) is 10.7 Å². The van der Waals surface area contributed by atoms with Crippen molar-refractivity contribution < 1.29 is 1.37 Å². The molecule has 1 aromatic heterocycles. The van der Waals surface area contributed by atoms with Crippen LogP contribution in [0.1, 0.15) is 1.37 Å². The van der Waals surface area contributed by atoms with Gasteiger partial charge in [0.25, 0.3) is 0 Å². The van der Waals surface area contributed by atoms with Gasteiger partial charge in [0.2, 0.25) is 0 Å². The maximum Gasteiger partial charge on any atom is 0.0632 e. The van der Waals surface area contributed by atoms with Crippen molar-refractivity contribution in [2.45, 2.75) is 0 Å². The van der Waals surface area contributed by atoms with E-state index in [1.54, 1.807) is 12.4 Å². The molecule has 0 fully saturated rings. The summed E-state index contributed by atoms with van der Waals surface area (Å²) < 4.78 is 9.29. The number of hydrogen-bond donors (Lipinski definition) is 0. The molecule has 7 heavy (non-hydrogen) atoms. The van der Waals surface area contributed by atoms with Gasteiger partial charge in [0.1, 0.15) is 0 Å². The molecule has 0 saturated heterocycles. The number of aromatic nitrogens is 2. The minimum absolute atomic E-state index is 0.186. The number of rotatable bonds is 0. The van der Waals surface area contributed by atoms with Crippen LogP contribution in [0.25, 0.3) is 0 Å². The van der Waals surface area contributed by atoms with Crippen molar-refractivity contribution in [2.75, 3.05) is 0 Å². The van der Waals surface area contributed by atoms with Gasteiger partial charge in [-0.2, -0.15) is 5.10 Å². The molecule has 0 N–H and O–H groups in total. The van der Waals surface area contributed by atoms with Gasteiger partial charge in [-0.05, 0) is 15.9 Å². The molecule has 0 radical (unpaired) electrons. The van der Waals surface area contributed by atoms with Crippen LogP contribution in [-0.2, 0) is 7.02 Å². The summed E-state index contributed by atoms with van der Waals surface area (Å²) in [4.78, 5) is 0. The van der Waals surface area contributed by atoms with E-state index < -0.39 is 0 Å². The smallest absolute Gasteiger partial charge is 0.0632 e. The van der Waals surface area contributed by atoms with Crippen LogP contribution in [0.2, 0.25) is 0 Å². The fraction of sp³-hybridized carbons (Fsp3) is 0.250. The molecule has 3 heteroatoms. The van der Waals surface area contributed by atoms with E-state index in [1.807, 2.05) is 0 Å². The molecule has 0 aliphatic heterocycles. The zero-order valence-electron chi connectivity index (χ0n) is 4.63. The lowest BCUT2D eigenvalue weighted by molar-refractivity contribution is 0.767. The van der Waals surface area contributed by atoms with Crippen LogP contribution < -0.4 is 0 Å². The highest BCUT2D eigenvalue weighted by Crippen LogP contribution is 2.03. The summed E-state index contributed by atoms with van der Waals surface area (Å²) in [7, 11) is 0.186. The van der Waals surface area contributed by atoms with Gasteiger partial charge in [-0.25, -0.2) is 0 Å². The Morgan fingerprint density at radius 3 is 3.29 bits per heavy atom. The lowest BCUT2D eigenvalue weighted by atomic mass is 10.8. The largest absolute Gasteiger partial charge is 0.275 e. The van der Waals surface area contributed by atoms with Crippen LogP contribution in [0.3, 0.4) is 0 Å². The minimum Gasteiger partial charge on any atom is -0.275 e. The molecule has 2 nitrogen and oxygen atoms in total.